The number of piperidine rings is 1. The number of likely N-dealkylation sites (tertiary alicyclic amines) is 1. The number of benzene rings is 1. The molecule has 0 saturated carbocycles. The van der Waals surface area contributed by atoms with Crippen molar-refractivity contribution in [1.29, 1.82) is 0 Å². The van der Waals surface area contributed by atoms with E-state index in [0.717, 1.165) is 16.7 Å². The number of ether oxygens (including phenoxy) is 2. The number of aliphatic imine (C=N–C) groups is 1. The summed E-state index contributed by atoms with van der Waals surface area (Å²) in [6, 6.07) is 3.63. The zero-order valence-corrected chi connectivity index (χ0v) is 22.3. The lowest BCUT2D eigenvalue weighted by Crippen LogP contribution is -2.43. The third-order valence-corrected chi connectivity index (χ3v) is 7.69. The SMILES string of the molecule is Cc1cc(CS(C)(=O)=O)cc(C)c1OCC1=CS(=O)C(C2CCN(C(=O)OC(C)(C)C)CC2)=N1. The molecule has 1 amide bonds. The Morgan fingerprint density at radius 3 is 2.29 bits per heavy atom. The fourth-order valence-electron chi connectivity index (χ4n) is 4.15. The van der Waals surface area contributed by atoms with Crippen LogP contribution in [0.1, 0.15) is 50.3 Å². The van der Waals surface area contributed by atoms with E-state index in [4.69, 9.17) is 9.47 Å². The number of sulfone groups is 1. The van der Waals surface area contributed by atoms with Gasteiger partial charge in [-0.05, 0) is 64.2 Å². The second-order valence-corrected chi connectivity index (χ2v) is 13.4. The Kier molecular flexibility index (Phi) is 7.92. The predicted octanol–water partition coefficient (Wildman–Crippen LogP) is 3.88. The lowest BCUT2D eigenvalue weighted by atomic mass is 9.98. The molecule has 2 heterocycles. The van der Waals surface area contributed by atoms with Gasteiger partial charge in [0.25, 0.3) is 0 Å². The van der Waals surface area contributed by atoms with Crippen LogP contribution in [0.5, 0.6) is 5.75 Å². The summed E-state index contributed by atoms with van der Waals surface area (Å²) in [4.78, 5) is 18.6. The first-order chi connectivity index (χ1) is 15.7. The third kappa shape index (κ3) is 7.15. The summed E-state index contributed by atoms with van der Waals surface area (Å²) in [5.41, 5.74) is 2.49. The zero-order chi connectivity index (χ0) is 25.3. The van der Waals surface area contributed by atoms with Crippen molar-refractivity contribution in [3.05, 3.63) is 39.9 Å². The minimum Gasteiger partial charge on any atom is -0.487 e. The first kappa shape index (κ1) is 26.4. The minimum atomic E-state index is -3.12. The van der Waals surface area contributed by atoms with Gasteiger partial charge in [0.1, 0.15) is 23.0 Å². The Morgan fingerprint density at radius 2 is 1.76 bits per heavy atom. The lowest BCUT2D eigenvalue weighted by molar-refractivity contribution is 0.0202. The van der Waals surface area contributed by atoms with Crippen LogP contribution in [0.4, 0.5) is 4.79 Å². The molecule has 1 atom stereocenters. The number of aryl methyl sites for hydroxylation is 2. The number of hydrogen-bond acceptors (Lipinski definition) is 7. The average Bonchev–Trinajstić information content (AvgIpc) is 3.05. The van der Waals surface area contributed by atoms with E-state index in [-0.39, 0.29) is 24.4 Å². The summed E-state index contributed by atoms with van der Waals surface area (Å²) >= 11 is 0. The summed E-state index contributed by atoms with van der Waals surface area (Å²) in [6.07, 6.45) is 2.27. The normalized spacial score (nSPS) is 19.6. The van der Waals surface area contributed by atoms with Crippen molar-refractivity contribution >= 4 is 31.8 Å². The summed E-state index contributed by atoms with van der Waals surface area (Å²) < 4.78 is 47.3. The van der Waals surface area contributed by atoms with Gasteiger partial charge in [-0.1, -0.05) is 12.1 Å². The molecule has 3 rings (SSSR count). The lowest BCUT2D eigenvalue weighted by Gasteiger charge is -2.33. The molecule has 34 heavy (non-hydrogen) atoms. The van der Waals surface area contributed by atoms with Gasteiger partial charge in [-0.3, -0.25) is 0 Å². The van der Waals surface area contributed by atoms with E-state index in [1.807, 2.05) is 46.8 Å². The largest absolute Gasteiger partial charge is 0.487 e. The predicted molar refractivity (Wildman–Crippen MR) is 134 cm³/mol. The fraction of sp³-hybridized carbons (Fsp3) is 0.583. The maximum atomic E-state index is 12.7. The molecule has 0 bridgehead atoms. The highest BCUT2D eigenvalue weighted by molar-refractivity contribution is 8.03. The quantitative estimate of drug-likeness (QED) is 0.576. The van der Waals surface area contributed by atoms with Crippen LogP contribution in [0.25, 0.3) is 0 Å². The van der Waals surface area contributed by atoms with Gasteiger partial charge in [0.05, 0.1) is 22.2 Å². The van der Waals surface area contributed by atoms with Crippen LogP contribution in [0.3, 0.4) is 0 Å². The third-order valence-electron chi connectivity index (χ3n) is 5.51. The van der Waals surface area contributed by atoms with Crippen molar-refractivity contribution in [2.45, 2.75) is 58.8 Å². The molecule has 1 saturated heterocycles. The summed E-state index contributed by atoms with van der Waals surface area (Å²) in [5.74, 6) is 0.713. The van der Waals surface area contributed by atoms with Crippen molar-refractivity contribution in [1.82, 2.24) is 4.90 Å². The van der Waals surface area contributed by atoms with E-state index >= 15 is 0 Å². The Morgan fingerprint density at radius 1 is 1.18 bits per heavy atom. The number of carbonyl (C=O) groups excluding carboxylic acids is 1. The van der Waals surface area contributed by atoms with Gasteiger partial charge in [-0.2, -0.15) is 0 Å². The number of hydrogen-bond donors (Lipinski definition) is 0. The van der Waals surface area contributed by atoms with Gasteiger partial charge in [-0.15, -0.1) is 0 Å². The Hall–Kier alpha value is -2.20. The van der Waals surface area contributed by atoms with Crippen molar-refractivity contribution in [2.24, 2.45) is 10.9 Å². The van der Waals surface area contributed by atoms with Crippen LogP contribution in [0, 0.1) is 19.8 Å². The molecule has 0 radical (unpaired) electrons. The maximum absolute atomic E-state index is 12.7. The van der Waals surface area contributed by atoms with Crippen LogP contribution < -0.4 is 4.74 Å². The number of rotatable bonds is 6. The zero-order valence-electron chi connectivity index (χ0n) is 20.7. The molecule has 0 N–H and O–H groups in total. The van der Waals surface area contributed by atoms with E-state index in [9.17, 15) is 17.4 Å². The highest BCUT2D eigenvalue weighted by Crippen LogP contribution is 2.29. The van der Waals surface area contributed by atoms with Crippen LogP contribution >= 0.6 is 0 Å². The van der Waals surface area contributed by atoms with Gasteiger partial charge >= 0.3 is 6.09 Å². The summed E-state index contributed by atoms with van der Waals surface area (Å²) in [7, 11) is -4.42. The maximum Gasteiger partial charge on any atom is 0.410 e. The highest BCUT2D eigenvalue weighted by atomic mass is 32.2. The summed E-state index contributed by atoms with van der Waals surface area (Å²) in [5, 5.41) is 2.26. The van der Waals surface area contributed by atoms with E-state index in [0.29, 0.717) is 42.4 Å². The standard InChI is InChI=1S/C24H34N2O6S2/c1-16-11-18(15-34(6,29)30)12-17(2)21(16)31-13-20-14-33(28)22(25-20)19-7-9-26(10-8-19)23(27)32-24(3,4)5/h11-12,14,19H,7-10,13,15H2,1-6H3. The van der Waals surface area contributed by atoms with Crippen molar-refractivity contribution in [3.8, 4) is 5.75 Å². The highest BCUT2D eigenvalue weighted by Gasteiger charge is 2.32. The summed E-state index contributed by atoms with van der Waals surface area (Å²) in [6.45, 7) is 10.5. The number of nitrogens with zero attached hydrogens (tertiary/aromatic N) is 2. The molecule has 1 unspecified atom stereocenters. The molecular formula is C24H34N2O6S2. The van der Waals surface area contributed by atoms with Gasteiger partial charge in [0.15, 0.2) is 9.84 Å². The average molecular weight is 511 g/mol. The van der Waals surface area contributed by atoms with Crippen LogP contribution in [-0.4, -0.2) is 60.2 Å². The Bertz CT molecular complexity index is 1120. The molecular weight excluding hydrogens is 476 g/mol. The van der Waals surface area contributed by atoms with Gasteiger partial charge in [-0.25, -0.2) is 22.4 Å². The van der Waals surface area contributed by atoms with E-state index < -0.39 is 26.2 Å². The molecule has 0 spiro atoms. The molecule has 0 aromatic heterocycles. The van der Waals surface area contributed by atoms with Gasteiger partial charge in [0.2, 0.25) is 0 Å². The molecule has 1 fully saturated rings. The van der Waals surface area contributed by atoms with Crippen LogP contribution in [0.2, 0.25) is 0 Å². The fourth-order valence-corrected chi connectivity index (χ4v) is 6.19. The molecule has 1 aromatic rings. The Balaban J connectivity index is 1.59. The number of amides is 1. The number of carbonyl (C=O) groups is 1. The van der Waals surface area contributed by atoms with Crippen molar-refractivity contribution < 1.29 is 26.9 Å². The first-order valence-electron chi connectivity index (χ1n) is 11.3. The van der Waals surface area contributed by atoms with E-state index in [1.165, 1.54) is 6.26 Å². The second-order valence-electron chi connectivity index (χ2n) is 10.0. The molecule has 0 aliphatic carbocycles. The smallest absolute Gasteiger partial charge is 0.410 e. The van der Waals surface area contributed by atoms with Crippen molar-refractivity contribution in [3.63, 3.8) is 0 Å². The second kappa shape index (κ2) is 10.2. The van der Waals surface area contributed by atoms with Gasteiger partial charge < -0.3 is 14.4 Å². The van der Waals surface area contributed by atoms with Crippen LogP contribution in [-0.2, 0) is 31.1 Å². The molecule has 2 aliphatic heterocycles. The molecule has 10 heteroatoms. The molecule has 8 nitrogen and oxygen atoms in total. The van der Waals surface area contributed by atoms with E-state index in [2.05, 4.69) is 4.99 Å². The van der Waals surface area contributed by atoms with Crippen molar-refractivity contribution in [2.75, 3.05) is 26.0 Å². The monoisotopic (exact) mass is 510 g/mol. The molecule has 2 aliphatic rings. The molecule has 188 valence electrons. The topological polar surface area (TPSA) is 102 Å². The van der Waals surface area contributed by atoms with Gasteiger partial charge in [0, 0.05) is 30.7 Å². The Labute approximate surface area is 204 Å². The first-order valence-corrected chi connectivity index (χ1v) is 14.6. The van der Waals surface area contributed by atoms with E-state index in [1.54, 1.807) is 10.3 Å². The van der Waals surface area contributed by atoms with Crippen LogP contribution in [0.15, 0.2) is 28.2 Å². The molecule has 1 aromatic carbocycles. The minimum absolute atomic E-state index is 0.0144.